The van der Waals surface area contributed by atoms with E-state index in [2.05, 4.69) is 267 Å². The molecule has 0 N–H and O–H groups in total. The number of furan rings is 1. The molecule has 1 heterocycles. The zero-order valence-electron chi connectivity index (χ0n) is 41.1. The van der Waals surface area contributed by atoms with Crippen molar-refractivity contribution in [1.29, 1.82) is 0 Å². The lowest BCUT2D eigenvalue weighted by atomic mass is 9.96. The minimum Gasteiger partial charge on any atom is -0.455 e. The van der Waals surface area contributed by atoms with Crippen molar-refractivity contribution in [1.82, 2.24) is 0 Å². The zero-order chi connectivity index (χ0) is 48.2. The van der Waals surface area contributed by atoms with E-state index in [9.17, 15) is 0 Å². The highest BCUT2D eigenvalue weighted by molar-refractivity contribution is 6.89. The fourth-order valence-electron chi connectivity index (χ4n) is 11.1. The van der Waals surface area contributed by atoms with Crippen LogP contribution >= 0.6 is 0 Å². The first kappa shape index (κ1) is 43.1. The van der Waals surface area contributed by atoms with Crippen LogP contribution in [0.2, 0.25) is 39.3 Å². The van der Waals surface area contributed by atoms with Gasteiger partial charge < -0.3 is 14.2 Å². The third-order valence-corrected chi connectivity index (χ3v) is 19.0. The predicted octanol–water partition coefficient (Wildman–Crippen LogP) is 18.5. The summed E-state index contributed by atoms with van der Waals surface area (Å²) in [4.78, 5) is 4.82. The number of hydrogen-bond donors (Lipinski definition) is 0. The molecule has 0 atom stereocenters. The number of benzene rings is 12. The molecule has 71 heavy (non-hydrogen) atoms. The van der Waals surface area contributed by atoms with E-state index in [4.69, 9.17) is 4.42 Å². The van der Waals surface area contributed by atoms with Gasteiger partial charge in [0.05, 0.1) is 16.1 Å². The molecule has 5 heteroatoms. The van der Waals surface area contributed by atoms with Gasteiger partial charge in [0, 0.05) is 56.3 Å². The number of nitrogens with zero attached hydrogens (tertiary/aromatic N) is 2. The average molecular weight is 947 g/mol. The van der Waals surface area contributed by atoms with Gasteiger partial charge in [-0.05, 0) is 138 Å². The lowest BCUT2D eigenvalue weighted by molar-refractivity contribution is 0.673. The smallest absolute Gasteiger partial charge is 0.143 e. The Hall–Kier alpha value is -7.97. The lowest BCUT2D eigenvalue weighted by Crippen LogP contribution is -2.37. The summed E-state index contributed by atoms with van der Waals surface area (Å²) in [5.74, 6) is 0. The minimum atomic E-state index is -1.53. The lowest BCUT2D eigenvalue weighted by Gasteiger charge is -2.27. The van der Waals surface area contributed by atoms with Gasteiger partial charge in [-0.3, -0.25) is 0 Å². The Balaban J connectivity index is 0.998. The summed E-state index contributed by atoms with van der Waals surface area (Å²) in [6.07, 6.45) is 0. The highest BCUT2D eigenvalue weighted by Gasteiger charge is 2.24. The summed E-state index contributed by atoms with van der Waals surface area (Å²) in [7, 11) is -3.05. The Labute approximate surface area is 416 Å². The normalized spacial score (nSPS) is 12.4. The molecule has 0 unspecified atom stereocenters. The van der Waals surface area contributed by atoms with Crippen LogP contribution in [-0.2, 0) is 0 Å². The molecular formula is C66H54N2OSi2. The van der Waals surface area contributed by atoms with Crippen LogP contribution in [0.4, 0.5) is 34.1 Å². The van der Waals surface area contributed by atoms with Crippen molar-refractivity contribution >= 4 is 147 Å². The Morgan fingerprint density at radius 3 is 1.14 bits per heavy atom. The van der Waals surface area contributed by atoms with Crippen molar-refractivity contribution < 1.29 is 4.42 Å². The molecule has 13 aromatic rings. The first-order chi connectivity index (χ1) is 34.4. The molecule has 1 aromatic heterocycles. The number of anilines is 6. The van der Waals surface area contributed by atoms with E-state index in [1.807, 2.05) is 0 Å². The van der Waals surface area contributed by atoms with Crippen molar-refractivity contribution in [2.45, 2.75) is 39.3 Å². The molecule has 0 aliphatic rings. The van der Waals surface area contributed by atoms with Gasteiger partial charge in [0.2, 0.25) is 0 Å². The van der Waals surface area contributed by atoms with Crippen molar-refractivity contribution in [3.63, 3.8) is 0 Å². The Morgan fingerprint density at radius 2 is 0.648 bits per heavy atom. The van der Waals surface area contributed by atoms with Crippen LogP contribution in [-0.4, -0.2) is 16.1 Å². The molecule has 3 nitrogen and oxygen atoms in total. The van der Waals surface area contributed by atoms with Gasteiger partial charge in [-0.15, -0.1) is 0 Å². The van der Waals surface area contributed by atoms with E-state index < -0.39 is 16.1 Å². The summed E-state index contributed by atoms with van der Waals surface area (Å²) < 4.78 is 7.20. The molecule has 0 spiro atoms. The first-order valence-electron chi connectivity index (χ1n) is 24.9. The molecule has 0 saturated heterocycles. The summed E-state index contributed by atoms with van der Waals surface area (Å²) >= 11 is 0. The van der Waals surface area contributed by atoms with Crippen molar-refractivity contribution in [2.75, 3.05) is 9.80 Å². The fraction of sp³-hybridized carbons (Fsp3) is 0.0909. The second kappa shape index (κ2) is 16.3. The molecule has 12 aromatic carbocycles. The molecule has 342 valence electrons. The van der Waals surface area contributed by atoms with Gasteiger partial charge in [-0.2, -0.15) is 0 Å². The van der Waals surface area contributed by atoms with Gasteiger partial charge in [0.1, 0.15) is 11.2 Å². The largest absolute Gasteiger partial charge is 0.455 e. The average Bonchev–Trinajstić information content (AvgIpc) is 3.78. The quantitative estimate of drug-likeness (QED) is 0.112. The van der Waals surface area contributed by atoms with E-state index in [-0.39, 0.29) is 0 Å². The number of fused-ring (bicyclic) bond motifs is 14. The van der Waals surface area contributed by atoms with Gasteiger partial charge in [0.15, 0.2) is 0 Å². The highest BCUT2D eigenvalue weighted by atomic mass is 28.3. The summed E-state index contributed by atoms with van der Waals surface area (Å²) in [6, 6.07) is 81.3. The Kier molecular flexibility index (Phi) is 9.90. The fourth-order valence-corrected chi connectivity index (χ4v) is 13.4. The van der Waals surface area contributed by atoms with Gasteiger partial charge in [-0.1, -0.05) is 183 Å². The van der Waals surface area contributed by atoms with E-state index in [0.29, 0.717) is 0 Å². The summed E-state index contributed by atoms with van der Waals surface area (Å²) in [5, 5.41) is 19.7. The van der Waals surface area contributed by atoms with Gasteiger partial charge >= 0.3 is 0 Å². The van der Waals surface area contributed by atoms with Crippen molar-refractivity contribution in [2.24, 2.45) is 0 Å². The van der Waals surface area contributed by atoms with Crippen molar-refractivity contribution in [3.8, 4) is 0 Å². The predicted molar refractivity (Wildman–Crippen MR) is 314 cm³/mol. The maximum absolute atomic E-state index is 7.20. The zero-order valence-corrected chi connectivity index (χ0v) is 43.1. The van der Waals surface area contributed by atoms with Crippen LogP contribution in [0, 0.1) is 0 Å². The number of hydrogen-bond acceptors (Lipinski definition) is 3. The van der Waals surface area contributed by atoms with E-state index in [0.717, 1.165) is 66.8 Å². The topological polar surface area (TPSA) is 19.6 Å². The number of rotatable bonds is 8. The minimum absolute atomic E-state index is 0.863. The molecule has 13 rings (SSSR count). The van der Waals surface area contributed by atoms with Gasteiger partial charge in [0.25, 0.3) is 0 Å². The molecular weight excluding hydrogens is 893 g/mol. The van der Waals surface area contributed by atoms with Crippen LogP contribution in [0.1, 0.15) is 0 Å². The van der Waals surface area contributed by atoms with Crippen LogP contribution in [0.25, 0.3) is 86.6 Å². The maximum Gasteiger partial charge on any atom is 0.143 e. The molecule has 0 bridgehead atoms. The van der Waals surface area contributed by atoms with Crippen molar-refractivity contribution in [3.05, 3.63) is 218 Å². The molecule has 0 amide bonds. The Bertz CT molecular complexity index is 4260. The van der Waals surface area contributed by atoms with Crippen LogP contribution in [0.5, 0.6) is 0 Å². The van der Waals surface area contributed by atoms with Crippen LogP contribution < -0.4 is 20.2 Å². The van der Waals surface area contributed by atoms with Crippen LogP contribution in [0.15, 0.2) is 223 Å². The monoisotopic (exact) mass is 946 g/mol. The molecule has 0 saturated carbocycles. The molecule has 0 radical (unpaired) electrons. The molecule has 0 aliphatic heterocycles. The van der Waals surface area contributed by atoms with E-state index in [1.165, 1.54) is 64.2 Å². The third kappa shape index (κ3) is 7.30. The molecule has 0 aliphatic carbocycles. The first-order valence-corrected chi connectivity index (χ1v) is 31.9. The second-order valence-corrected chi connectivity index (χ2v) is 31.6. The van der Waals surface area contributed by atoms with E-state index in [1.54, 1.807) is 0 Å². The summed E-state index contributed by atoms with van der Waals surface area (Å²) in [6.45, 7) is 14.5. The van der Waals surface area contributed by atoms with E-state index >= 15 is 0 Å². The SMILES string of the molecule is C[Si](C)(C)c1ccc(N(c2ccc3c(c2)oc2c4ccc(N(c5ccc([Si](C)(C)C)cc5)c5ccc6ccc7ccccc7c6c5)cc4c4ccccc4c32)c2ccc3ccc4ccccc4c3c2)cc1. The Morgan fingerprint density at radius 1 is 0.282 bits per heavy atom. The molecule has 0 fully saturated rings. The second-order valence-electron chi connectivity index (χ2n) is 21.4. The van der Waals surface area contributed by atoms with Crippen LogP contribution in [0.3, 0.4) is 0 Å². The van der Waals surface area contributed by atoms with Gasteiger partial charge in [-0.25, -0.2) is 0 Å². The standard InChI is InChI=1S/C66H54N2OSi2/c1-70(2,3)53-33-27-47(28-34-53)67(49-25-23-45-21-19-43-13-7-9-15-55(43)61(45)39-49)51-31-37-59-63(41-51)57-17-11-12-18-58(57)65-60-38-32-52(42-64(60)69-66(59)65)68(48-29-35-54(36-30-48)71(4,5)6)50-26-24-46-22-20-44-14-8-10-16-56(44)62(46)40-50/h7-42H,1-6H3. The maximum atomic E-state index is 7.20. The highest BCUT2D eigenvalue weighted by Crippen LogP contribution is 2.46. The summed E-state index contributed by atoms with van der Waals surface area (Å²) in [5.41, 5.74) is 8.39. The third-order valence-electron chi connectivity index (χ3n) is 14.9.